The molecule has 1 atom stereocenters. The summed E-state index contributed by atoms with van der Waals surface area (Å²) in [5, 5.41) is 3.04. The molecule has 0 aliphatic carbocycles. The summed E-state index contributed by atoms with van der Waals surface area (Å²) in [6.45, 7) is 4.06. The average Bonchev–Trinajstić information content (AvgIpc) is 2.45. The Kier molecular flexibility index (Phi) is 4.99. The number of nitrogen functional groups attached to an aromatic ring is 1. The molecule has 21 heavy (non-hydrogen) atoms. The minimum absolute atomic E-state index is 0.0262. The maximum atomic E-state index is 12.0. The first-order valence-electron chi connectivity index (χ1n) is 7.25. The molecule has 3 heteroatoms. The van der Waals surface area contributed by atoms with Gasteiger partial charge in [-0.05, 0) is 43.5 Å². The summed E-state index contributed by atoms with van der Waals surface area (Å²) in [7, 11) is 0. The van der Waals surface area contributed by atoms with Crippen LogP contribution in [0.15, 0.2) is 48.5 Å². The van der Waals surface area contributed by atoms with E-state index in [9.17, 15) is 4.79 Å². The van der Waals surface area contributed by atoms with Crippen LogP contribution in [0.25, 0.3) is 0 Å². The van der Waals surface area contributed by atoms with Crippen LogP contribution in [0.1, 0.15) is 36.1 Å². The number of carbonyl (C=O) groups is 1. The molecule has 1 amide bonds. The van der Waals surface area contributed by atoms with E-state index in [1.54, 1.807) is 0 Å². The maximum Gasteiger partial charge on any atom is 0.220 e. The molecule has 0 bridgehead atoms. The molecule has 0 aliphatic rings. The Labute approximate surface area is 126 Å². The largest absolute Gasteiger partial charge is 0.399 e. The normalized spacial score (nSPS) is 11.9. The summed E-state index contributed by atoms with van der Waals surface area (Å²) in [5.74, 6) is 0.0615. The van der Waals surface area contributed by atoms with Crippen LogP contribution in [0.5, 0.6) is 0 Å². The Morgan fingerprint density at radius 3 is 2.67 bits per heavy atom. The summed E-state index contributed by atoms with van der Waals surface area (Å²) in [5.41, 5.74) is 9.90. The predicted octanol–water partition coefficient (Wildman–Crippen LogP) is 3.39. The SMILES string of the molecule is Cc1cccc([C@H](C)NC(=O)CCc2cccc(N)c2)c1. The van der Waals surface area contributed by atoms with Gasteiger partial charge in [0.2, 0.25) is 5.91 Å². The van der Waals surface area contributed by atoms with Crippen molar-refractivity contribution in [2.45, 2.75) is 32.7 Å². The lowest BCUT2D eigenvalue weighted by molar-refractivity contribution is -0.121. The zero-order chi connectivity index (χ0) is 15.2. The summed E-state index contributed by atoms with van der Waals surface area (Å²) in [4.78, 5) is 12.0. The first kappa shape index (κ1) is 15.1. The zero-order valence-electron chi connectivity index (χ0n) is 12.6. The minimum Gasteiger partial charge on any atom is -0.399 e. The molecule has 0 radical (unpaired) electrons. The van der Waals surface area contributed by atoms with Crippen molar-refractivity contribution in [1.82, 2.24) is 5.32 Å². The van der Waals surface area contributed by atoms with Gasteiger partial charge in [0, 0.05) is 12.1 Å². The highest BCUT2D eigenvalue weighted by Crippen LogP contribution is 2.14. The monoisotopic (exact) mass is 282 g/mol. The van der Waals surface area contributed by atoms with Crippen LogP contribution < -0.4 is 11.1 Å². The van der Waals surface area contributed by atoms with E-state index in [1.165, 1.54) is 5.56 Å². The molecule has 2 aromatic carbocycles. The fourth-order valence-electron chi connectivity index (χ4n) is 2.34. The van der Waals surface area contributed by atoms with Crippen molar-refractivity contribution in [2.24, 2.45) is 0 Å². The number of amides is 1. The van der Waals surface area contributed by atoms with Crippen LogP contribution >= 0.6 is 0 Å². The fourth-order valence-corrected chi connectivity index (χ4v) is 2.34. The number of hydrogen-bond donors (Lipinski definition) is 2. The van der Waals surface area contributed by atoms with Crippen molar-refractivity contribution in [2.75, 3.05) is 5.73 Å². The molecule has 3 N–H and O–H groups in total. The summed E-state index contributed by atoms with van der Waals surface area (Å²) >= 11 is 0. The van der Waals surface area contributed by atoms with Gasteiger partial charge in [0.05, 0.1) is 6.04 Å². The molecule has 0 saturated carbocycles. The first-order chi connectivity index (χ1) is 10.0. The molecule has 3 nitrogen and oxygen atoms in total. The van der Waals surface area contributed by atoms with Crippen LogP contribution in [0.2, 0.25) is 0 Å². The molecule has 0 heterocycles. The van der Waals surface area contributed by atoms with Gasteiger partial charge in [-0.15, -0.1) is 0 Å². The van der Waals surface area contributed by atoms with Crippen molar-refractivity contribution in [3.8, 4) is 0 Å². The summed E-state index contributed by atoms with van der Waals surface area (Å²) in [6.07, 6.45) is 1.18. The second-order valence-corrected chi connectivity index (χ2v) is 5.45. The highest BCUT2D eigenvalue weighted by Gasteiger charge is 2.09. The van der Waals surface area contributed by atoms with Crippen LogP contribution in [0, 0.1) is 6.92 Å². The summed E-state index contributed by atoms with van der Waals surface area (Å²) in [6, 6.07) is 15.9. The van der Waals surface area contributed by atoms with Gasteiger partial charge in [-0.25, -0.2) is 0 Å². The highest BCUT2D eigenvalue weighted by atomic mass is 16.1. The van der Waals surface area contributed by atoms with Gasteiger partial charge in [0.15, 0.2) is 0 Å². The standard InChI is InChI=1S/C18H22N2O/c1-13-5-3-7-16(11-13)14(2)20-18(21)10-9-15-6-4-8-17(19)12-15/h3-8,11-12,14H,9-10,19H2,1-2H3,(H,20,21)/t14-/m0/s1. The van der Waals surface area contributed by atoms with E-state index in [1.807, 2.05) is 43.3 Å². The molecule has 0 spiro atoms. The summed E-state index contributed by atoms with van der Waals surface area (Å²) < 4.78 is 0. The molecule has 0 fully saturated rings. The predicted molar refractivity (Wildman–Crippen MR) is 86.9 cm³/mol. The van der Waals surface area contributed by atoms with Gasteiger partial charge < -0.3 is 11.1 Å². The molecule has 0 aromatic heterocycles. The van der Waals surface area contributed by atoms with Gasteiger partial charge in [0.1, 0.15) is 0 Å². The van der Waals surface area contributed by atoms with Crippen molar-refractivity contribution < 1.29 is 4.79 Å². The van der Waals surface area contributed by atoms with E-state index in [2.05, 4.69) is 24.4 Å². The lowest BCUT2D eigenvalue weighted by atomic mass is 10.0. The second-order valence-electron chi connectivity index (χ2n) is 5.45. The number of anilines is 1. The van der Waals surface area contributed by atoms with Gasteiger partial charge in [-0.1, -0.05) is 42.0 Å². The molecule has 2 rings (SSSR count). The van der Waals surface area contributed by atoms with Crippen LogP contribution in [-0.4, -0.2) is 5.91 Å². The number of hydrogen-bond acceptors (Lipinski definition) is 2. The Morgan fingerprint density at radius 1 is 1.19 bits per heavy atom. The topological polar surface area (TPSA) is 55.1 Å². The zero-order valence-corrected chi connectivity index (χ0v) is 12.6. The van der Waals surface area contributed by atoms with Crippen molar-refractivity contribution in [3.63, 3.8) is 0 Å². The Bertz CT molecular complexity index is 622. The lowest BCUT2D eigenvalue weighted by Crippen LogP contribution is -2.26. The van der Waals surface area contributed by atoms with Crippen molar-refractivity contribution in [1.29, 1.82) is 0 Å². The highest BCUT2D eigenvalue weighted by molar-refractivity contribution is 5.76. The van der Waals surface area contributed by atoms with E-state index < -0.39 is 0 Å². The van der Waals surface area contributed by atoms with Crippen LogP contribution in [0.4, 0.5) is 5.69 Å². The Balaban J connectivity index is 1.87. The van der Waals surface area contributed by atoms with E-state index in [-0.39, 0.29) is 11.9 Å². The molecule has 110 valence electrons. The molecule has 0 aliphatic heterocycles. The molecule has 0 unspecified atom stereocenters. The molecular weight excluding hydrogens is 260 g/mol. The number of nitrogens with one attached hydrogen (secondary N) is 1. The van der Waals surface area contributed by atoms with Gasteiger partial charge in [-0.3, -0.25) is 4.79 Å². The van der Waals surface area contributed by atoms with Crippen LogP contribution in [0.3, 0.4) is 0 Å². The third-order valence-electron chi connectivity index (χ3n) is 3.51. The first-order valence-corrected chi connectivity index (χ1v) is 7.25. The average molecular weight is 282 g/mol. The number of rotatable bonds is 5. The van der Waals surface area contributed by atoms with Gasteiger partial charge >= 0.3 is 0 Å². The molecular formula is C18H22N2O. The van der Waals surface area contributed by atoms with Crippen molar-refractivity contribution in [3.05, 3.63) is 65.2 Å². The molecule has 2 aromatic rings. The number of benzene rings is 2. The third-order valence-corrected chi connectivity index (χ3v) is 3.51. The number of carbonyl (C=O) groups excluding carboxylic acids is 1. The van der Waals surface area contributed by atoms with Gasteiger partial charge in [-0.2, -0.15) is 0 Å². The maximum absolute atomic E-state index is 12.0. The van der Waals surface area contributed by atoms with E-state index in [0.717, 1.165) is 16.8 Å². The van der Waals surface area contributed by atoms with Crippen molar-refractivity contribution >= 4 is 11.6 Å². The second kappa shape index (κ2) is 6.93. The molecule has 0 saturated heterocycles. The van der Waals surface area contributed by atoms with E-state index >= 15 is 0 Å². The quantitative estimate of drug-likeness (QED) is 0.826. The Morgan fingerprint density at radius 2 is 1.95 bits per heavy atom. The Hall–Kier alpha value is -2.29. The fraction of sp³-hybridized carbons (Fsp3) is 0.278. The van der Waals surface area contributed by atoms with Gasteiger partial charge in [0.25, 0.3) is 0 Å². The van der Waals surface area contributed by atoms with E-state index in [4.69, 9.17) is 5.73 Å². The lowest BCUT2D eigenvalue weighted by Gasteiger charge is -2.15. The minimum atomic E-state index is 0.0262. The third kappa shape index (κ3) is 4.63. The van der Waals surface area contributed by atoms with Crippen LogP contribution in [-0.2, 0) is 11.2 Å². The number of nitrogens with two attached hydrogens (primary N) is 1. The van der Waals surface area contributed by atoms with E-state index in [0.29, 0.717) is 12.8 Å². The smallest absolute Gasteiger partial charge is 0.220 e. The number of aryl methyl sites for hydroxylation is 2.